The third-order valence-electron chi connectivity index (χ3n) is 3.09. The maximum absolute atomic E-state index is 11.9. The van der Waals surface area contributed by atoms with Crippen molar-refractivity contribution < 1.29 is 0 Å². The topological polar surface area (TPSA) is 83.5 Å². The Morgan fingerprint density at radius 2 is 1.81 bits per heavy atom. The molecule has 0 aliphatic carbocycles. The second kappa shape index (κ2) is 5.27. The van der Waals surface area contributed by atoms with E-state index in [-0.39, 0.29) is 0 Å². The number of hydrogen-bond donors (Lipinski definition) is 2. The minimum absolute atomic E-state index is 0.294. The minimum atomic E-state index is -0.465. The Balaban J connectivity index is 2.33. The molecule has 0 atom stereocenters. The molecule has 0 fully saturated rings. The standard InChI is InChI=1S/C13H10Br2N4O2/c1-2-19-11-9(12(20)18-13(19)21)16-10(17-11)6-3-7(14)5-8(15)4-6/h3-5H,2H2,1H3,(H,16,17)(H,18,20,21). The van der Waals surface area contributed by atoms with Crippen molar-refractivity contribution in [2.45, 2.75) is 13.5 Å². The molecule has 0 radical (unpaired) electrons. The van der Waals surface area contributed by atoms with Crippen LogP contribution in [0.25, 0.3) is 22.6 Å². The second-order valence-electron chi connectivity index (χ2n) is 4.45. The van der Waals surface area contributed by atoms with Crippen molar-refractivity contribution in [3.8, 4) is 11.4 Å². The van der Waals surface area contributed by atoms with Crippen molar-refractivity contribution in [3.63, 3.8) is 0 Å². The van der Waals surface area contributed by atoms with Gasteiger partial charge in [-0.2, -0.15) is 0 Å². The van der Waals surface area contributed by atoms with Crippen LogP contribution in [-0.4, -0.2) is 19.5 Å². The zero-order valence-corrected chi connectivity index (χ0v) is 14.1. The Hall–Kier alpha value is -1.67. The van der Waals surface area contributed by atoms with E-state index in [1.54, 1.807) is 0 Å². The van der Waals surface area contributed by atoms with Gasteiger partial charge in [-0.05, 0) is 25.1 Å². The largest absolute Gasteiger partial charge is 0.332 e. The van der Waals surface area contributed by atoms with Crippen LogP contribution in [0, 0.1) is 0 Å². The van der Waals surface area contributed by atoms with Gasteiger partial charge in [0.25, 0.3) is 5.56 Å². The molecule has 2 aromatic heterocycles. The number of nitrogens with one attached hydrogen (secondary N) is 2. The highest BCUT2D eigenvalue weighted by Gasteiger charge is 2.13. The summed E-state index contributed by atoms with van der Waals surface area (Å²) >= 11 is 6.83. The second-order valence-corrected chi connectivity index (χ2v) is 6.28. The molecule has 0 aliphatic rings. The van der Waals surface area contributed by atoms with Gasteiger partial charge in [0.1, 0.15) is 11.3 Å². The number of aromatic amines is 2. The van der Waals surface area contributed by atoms with E-state index in [9.17, 15) is 9.59 Å². The van der Waals surface area contributed by atoms with Gasteiger partial charge in [0, 0.05) is 21.1 Å². The number of hydrogen-bond acceptors (Lipinski definition) is 3. The maximum atomic E-state index is 11.9. The van der Waals surface area contributed by atoms with Crippen LogP contribution in [0.4, 0.5) is 0 Å². The fraction of sp³-hybridized carbons (Fsp3) is 0.154. The predicted octanol–water partition coefficient (Wildman–Crippen LogP) is 2.62. The van der Waals surface area contributed by atoms with Crippen molar-refractivity contribution >= 4 is 43.0 Å². The molecule has 2 heterocycles. The third kappa shape index (κ3) is 2.49. The summed E-state index contributed by atoms with van der Waals surface area (Å²) in [6, 6.07) is 5.66. The molecule has 0 aliphatic heterocycles. The van der Waals surface area contributed by atoms with E-state index in [0.717, 1.165) is 14.5 Å². The summed E-state index contributed by atoms with van der Waals surface area (Å²) in [5.41, 5.74) is 0.540. The normalized spacial score (nSPS) is 11.2. The van der Waals surface area contributed by atoms with Crippen molar-refractivity contribution in [2.24, 2.45) is 0 Å². The number of imidazole rings is 1. The molecule has 3 aromatic rings. The number of fused-ring (bicyclic) bond motifs is 1. The van der Waals surface area contributed by atoms with Crippen LogP contribution >= 0.6 is 31.9 Å². The van der Waals surface area contributed by atoms with E-state index in [4.69, 9.17) is 0 Å². The molecule has 0 spiro atoms. The van der Waals surface area contributed by atoms with E-state index in [1.807, 2.05) is 25.1 Å². The highest BCUT2D eigenvalue weighted by Crippen LogP contribution is 2.26. The lowest BCUT2D eigenvalue weighted by atomic mass is 10.2. The van der Waals surface area contributed by atoms with Gasteiger partial charge in [0.2, 0.25) is 0 Å². The molecule has 108 valence electrons. The SMILES string of the molecule is CCn1c(=O)[nH]c(=O)c2[nH]c(-c3cc(Br)cc(Br)c3)nc21. The summed E-state index contributed by atoms with van der Waals surface area (Å²) in [6.07, 6.45) is 0. The molecular weight excluding hydrogens is 404 g/mol. The smallest absolute Gasteiger partial charge is 0.330 e. The van der Waals surface area contributed by atoms with Crippen LogP contribution in [0.5, 0.6) is 0 Å². The fourth-order valence-electron chi connectivity index (χ4n) is 2.16. The van der Waals surface area contributed by atoms with Gasteiger partial charge in [-0.25, -0.2) is 9.78 Å². The molecule has 1 aromatic carbocycles. The highest BCUT2D eigenvalue weighted by molar-refractivity contribution is 9.11. The third-order valence-corrected chi connectivity index (χ3v) is 4.00. The summed E-state index contributed by atoms with van der Waals surface area (Å²) in [5, 5.41) is 0. The molecule has 0 saturated heterocycles. The van der Waals surface area contributed by atoms with Gasteiger partial charge in [0.05, 0.1) is 0 Å². The van der Waals surface area contributed by atoms with Crippen LogP contribution in [-0.2, 0) is 6.54 Å². The Morgan fingerprint density at radius 1 is 1.14 bits per heavy atom. The van der Waals surface area contributed by atoms with Crippen molar-refractivity contribution in [1.29, 1.82) is 0 Å². The van der Waals surface area contributed by atoms with Crippen molar-refractivity contribution in [2.75, 3.05) is 0 Å². The lowest BCUT2D eigenvalue weighted by molar-refractivity contribution is 0.720. The van der Waals surface area contributed by atoms with Gasteiger partial charge in [-0.1, -0.05) is 31.9 Å². The first-order chi connectivity index (χ1) is 9.99. The number of halogens is 2. The van der Waals surface area contributed by atoms with Crippen LogP contribution in [0.15, 0.2) is 36.7 Å². The molecular formula is C13H10Br2N4O2. The molecule has 2 N–H and O–H groups in total. The molecule has 6 nitrogen and oxygen atoms in total. The Kier molecular flexibility index (Phi) is 3.58. The average Bonchev–Trinajstić information content (AvgIpc) is 2.83. The van der Waals surface area contributed by atoms with Gasteiger partial charge >= 0.3 is 5.69 Å². The maximum Gasteiger partial charge on any atom is 0.330 e. The molecule has 8 heteroatoms. The summed E-state index contributed by atoms with van der Waals surface area (Å²) < 4.78 is 3.19. The Labute approximate surface area is 135 Å². The molecule has 0 saturated carbocycles. The predicted molar refractivity (Wildman–Crippen MR) is 87.5 cm³/mol. The first kappa shape index (κ1) is 14.3. The van der Waals surface area contributed by atoms with Crippen LogP contribution < -0.4 is 11.2 Å². The summed E-state index contributed by atoms with van der Waals surface area (Å²) in [6.45, 7) is 2.25. The van der Waals surface area contributed by atoms with E-state index >= 15 is 0 Å². The highest BCUT2D eigenvalue weighted by atomic mass is 79.9. The summed E-state index contributed by atoms with van der Waals surface area (Å²) in [4.78, 5) is 33.3. The van der Waals surface area contributed by atoms with E-state index in [0.29, 0.717) is 23.5 Å². The summed E-state index contributed by atoms with van der Waals surface area (Å²) in [5.74, 6) is 0.533. The first-order valence-electron chi connectivity index (χ1n) is 6.19. The van der Waals surface area contributed by atoms with Crippen molar-refractivity contribution in [1.82, 2.24) is 19.5 Å². The minimum Gasteiger partial charge on any atom is -0.332 e. The number of aromatic nitrogens is 4. The van der Waals surface area contributed by atoms with Crippen LogP contribution in [0.2, 0.25) is 0 Å². The zero-order chi connectivity index (χ0) is 15.1. The van der Waals surface area contributed by atoms with Crippen molar-refractivity contribution in [3.05, 3.63) is 48.0 Å². The summed E-state index contributed by atoms with van der Waals surface area (Å²) in [7, 11) is 0. The number of rotatable bonds is 2. The van der Waals surface area contributed by atoms with Gasteiger partial charge in [-0.3, -0.25) is 14.3 Å². The molecule has 0 amide bonds. The number of benzene rings is 1. The fourth-order valence-corrected chi connectivity index (χ4v) is 3.46. The van der Waals surface area contributed by atoms with E-state index in [2.05, 4.69) is 46.8 Å². The zero-order valence-electron chi connectivity index (χ0n) is 10.9. The molecule has 21 heavy (non-hydrogen) atoms. The first-order valence-corrected chi connectivity index (χ1v) is 7.77. The molecule has 3 rings (SSSR count). The quantitative estimate of drug-likeness (QED) is 0.677. The number of nitrogens with zero attached hydrogens (tertiary/aromatic N) is 2. The molecule has 0 unspecified atom stereocenters. The van der Waals surface area contributed by atoms with Crippen LogP contribution in [0.1, 0.15) is 6.92 Å². The average molecular weight is 414 g/mol. The van der Waals surface area contributed by atoms with Gasteiger partial charge < -0.3 is 4.98 Å². The monoisotopic (exact) mass is 412 g/mol. The van der Waals surface area contributed by atoms with E-state index in [1.165, 1.54) is 4.57 Å². The number of H-pyrrole nitrogens is 2. The van der Waals surface area contributed by atoms with Gasteiger partial charge in [0.15, 0.2) is 5.65 Å². The lowest BCUT2D eigenvalue weighted by Gasteiger charge is -2.00. The Bertz CT molecular complexity index is 935. The van der Waals surface area contributed by atoms with E-state index < -0.39 is 11.2 Å². The molecule has 0 bridgehead atoms. The lowest BCUT2D eigenvalue weighted by Crippen LogP contribution is -2.29. The number of aryl methyl sites for hydroxylation is 1. The van der Waals surface area contributed by atoms with Gasteiger partial charge in [-0.15, -0.1) is 0 Å². The van der Waals surface area contributed by atoms with Crippen LogP contribution in [0.3, 0.4) is 0 Å². The Morgan fingerprint density at radius 3 is 2.43 bits per heavy atom.